The number of rotatable bonds is 0. The van der Waals surface area contributed by atoms with Crippen molar-refractivity contribution in [3.05, 3.63) is 0 Å². The Bertz CT molecular complexity index is 258. The summed E-state index contributed by atoms with van der Waals surface area (Å²) in [6.07, 6.45) is 13.5. The van der Waals surface area contributed by atoms with Gasteiger partial charge >= 0.3 is 0 Å². The van der Waals surface area contributed by atoms with Gasteiger partial charge < -0.3 is 0 Å². The van der Waals surface area contributed by atoms with Gasteiger partial charge in [-0.3, -0.25) is 9.59 Å². The molecule has 0 aromatic heterocycles. The third-order valence-corrected chi connectivity index (χ3v) is 4.01. The molecular weight excluding hydrogens is 224 g/mol. The first-order valence-electron chi connectivity index (χ1n) is 7.79. The van der Waals surface area contributed by atoms with Gasteiger partial charge in [0.1, 0.15) is 0 Å². The zero-order chi connectivity index (χ0) is 13.2. The normalized spacial score (nSPS) is 26.4. The molecule has 104 valence electrons. The van der Waals surface area contributed by atoms with Gasteiger partial charge in [0.15, 0.2) is 5.78 Å². The minimum Gasteiger partial charge on any atom is -0.291 e. The first kappa shape index (κ1) is 15.4. The fourth-order valence-corrected chi connectivity index (χ4v) is 2.68. The Morgan fingerprint density at radius 2 is 1.17 bits per heavy atom. The zero-order valence-corrected chi connectivity index (χ0v) is 11.9. The van der Waals surface area contributed by atoms with E-state index in [2.05, 4.69) is 0 Å². The summed E-state index contributed by atoms with van der Waals surface area (Å²) in [5.74, 6) is -0.301. The molecule has 1 saturated carbocycles. The van der Waals surface area contributed by atoms with Gasteiger partial charge in [-0.05, 0) is 12.8 Å². The highest BCUT2D eigenvalue weighted by molar-refractivity contribution is 6.37. The Morgan fingerprint density at radius 1 is 0.722 bits per heavy atom. The number of ketones is 2. The van der Waals surface area contributed by atoms with Crippen molar-refractivity contribution in [2.24, 2.45) is 5.92 Å². The first-order chi connectivity index (χ1) is 8.72. The molecule has 2 nitrogen and oxygen atoms in total. The highest BCUT2D eigenvalue weighted by Crippen LogP contribution is 2.17. The highest BCUT2D eigenvalue weighted by Gasteiger charge is 2.20. The minimum atomic E-state index is -0.127. The highest BCUT2D eigenvalue weighted by atomic mass is 16.2. The molecule has 2 heteroatoms. The molecule has 0 spiro atoms. The van der Waals surface area contributed by atoms with Gasteiger partial charge in [0.2, 0.25) is 5.78 Å². The van der Waals surface area contributed by atoms with Crippen LogP contribution in [0.25, 0.3) is 0 Å². The predicted molar refractivity (Wildman–Crippen MR) is 74.6 cm³/mol. The maximum Gasteiger partial charge on any atom is 0.201 e. The summed E-state index contributed by atoms with van der Waals surface area (Å²) in [5.41, 5.74) is 0. The van der Waals surface area contributed by atoms with Gasteiger partial charge in [0.05, 0.1) is 0 Å². The van der Waals surface area contributed by atoms with Crippen molar-refractivity contribution in [3.8, 4) is 0 Å². The zero-order valence-electron chi connectivity index (χ0n) is 11.9. The van der Waals surface area contributed by atoms with Crippen LogP contribution in [0.2, 0.25) is 0 Å². The summed E-state index contributed by atoms with van der Waals surface area (Å²) in [6.45, 7) is 1.91. The third-order valence-electron chi connectivity index (χ3n) is 4.01. The predicted octanol–water partition coefficient (Wildman–Crippen LogP) is 4.46. The van der Waals surface area contributed by atoms with E-state index in [1.807, 2.05) is 6.92 Å². The Balaban J connectivity index is 2.38. The van der Waals surface area contributed by atoms with Crippen molar-refractivity contribution in [3.63, 3.8) is 0 Å². The smallest absolute Gasteiger partial charge is 0.201 e. The molecule has 1 aliphatic rings. The second kappa shape index (κ2) is 9.29. The molecule has 0 aromatic rings. The van der Waals surface area contributed by atoms with E-state index >= 15 is 0 Å². The molecule has 0 heterocycles. The van der Waals surface area contributed by atoms with Gasteiger partial charge in [-0.15, -0.1) is 0 Å². The van der Waals surface area contributed by atoms with E-state index in [9.17, 15) is 9.59 Å². The van der Waals surface area contributed by atoms with E-state index in [0.717, 1.165) is 25.7 Å². The summed E-state index contributed by atoms with van der Waals surface area (Å²) in [5, 5.41) is 0. The summed E-state index contributed by atoms with van der Waals surface area (Å²) >= 11 is 0. The molecule has 0 radical (unpaired) electrons. The summed E-state index contributed by atoms with van der Waals surface area (Å²) in [4.78, 5) is 23.5. The van der Waals surface area contributed by atoms with E-state index in [4.69, 9.17) is 0 Å². The number of hydrogen-bond donors (Lipinski definition) is 0. The molecule has 0 aliphatic heterocycles. The van der Waals surface area contributed by atoms with Gasteiger partial charge in [-0.1, -0.05) is 64.7 Å². The van der Waals surface area contributed by atoms with E-state index in [1.165, 1.54) is 44.9 Å². The lowest BCUT2D eigenvalue weighted by atomic mass is 9.94. The number of Topliss-reactive ketones (excluding diaryl/α,β-unsaturated/α-hetero) is 2. The van der Waals surface area contributed by atoms with Crippen LogP contribution >= 0.6 is 0 Å². The summed E-state index contributed by atoms with van der Waals surface area (Å²) in [6, 6.07) is 0. The van der Waals surface area contributed by atoms with Crippen LogP contribution in [-0.4, -0.2) is 11.6 Å². The molecule has 1 rings (SSSR count). The van der Waals surface area contributed by atoms with E-state index in [0.29, 0.717) is 6.42 Å². The third kappa shape index (κ3) is 6.32. The van der Waals surface area contributed by atoms with Crippen molar-refractivity contribution in [2.75, 3.05) is 0 Å². The lowest BCUT2D eigenvalue weighted by Crippen LogP contribution is -2.21. The quantitative estimate of drug-likeness (QED) is 0.597. The Labute approximate surface area is 112 Å². The van der Waals surface area contributed by atoms with Crippen molar-refractivity contribution < 1.29 is 9.59 Å². The molecule has 0 N–H and O–H groups in total. The van der Waals surface area contributed by atoms with Gasteiger partial charge in [0.25, 0.3) is 0 Å². The molecule has 1 fully saturated rings. The van der Waals surface area contributed by atoms with Crippen molar-refractivity contribution in [1.29, 1.82) is 0 Å². The van der Waals surface area contributed by atoms with Gasteiger partial charge in [-0.2, -0.15) is 0 Å². The summed E-state index contributed by atoms with van der Waals surface area (Å²) < 4.78 is 0. The standard InChI is InChI=1S/C16H28O2/c1-14-12-10-8-6-4-2-3-5-7-9-11-13-15(17)16(14)18/h14H,2-13H2,1H3/t14-/m1/s1. The van der Waals surface area contributed by atoms with Crippen molar-refractivity contribution in [1.82, 2.24) is 0 Å². The number of carbonyl (C=O) groups is 2. The second-order valence-electron chi connectivity index (χ2n) is 5.76. The van der Waals surface area contributed by atoms with Crippen LogP contribution < -0.4 is 0 Å². The lowest BCUT2D eigenvalue weighted by molar-refractivity contribution is -0.138. The molecule has 0 unspecified atom stereocenters. The molecule has 18 heavy (non-hydrogen) atoms. The Morgan fingerprint density at radius 3 is 1.72 bits per heavy atom. The first-order valence-corrected chi connectivity index (χ1v) is 7.79. The van der Waals surface area contributed by atoms with Crippen LogP contribution in [0.15, 0.2) is 0 Å². The van der Waals surface area contributed by atoms with Crippen LogP contribution in [0.5, 0.6) is 0 Å². The monoisotopic (exact) mass is 252 g/mol. The van der Waals surface area contributed by atoms with E-state index in [-0.39, 0.29) is 17.5 Å². The van der Waals surface area contributed by atoms with Crippen LogP contribution in [0, 0.1) is 5.92 Å². The molecule has 1 aliphatic carbocycles. The Hall–Kier alpha value is -0.660. The molecular formula is C16H28O2. The van der Waals surface area contributed by atoms with Crippen molar-refractivity contribution in [2.45, 2.75) is 84.0 Å². The topological polar surface area (TPSA) is 34.1 Å². The maximum atomic E-state index is 11.8. The van der Waals surface area contributed by atoms with Crippen LogP contribution in [0.3, 0.4) is 0 Å². The van der Waals surface area contributed by atoms with Crippen LogP contribution in [-0.2, 0) is 9.59 Å². The minimum absolute atomic E-state index is 0.0531. The molecule has 1 atom stereocenters. The van der Waals surface area contributed by atoms with Crippen LogP contribution in [0.1, 0.15) is 84.0 Å². The van der Waals surface area contributed by atoms with E-state index in [1.54, 1.807) is 0 Å². The van der Waals surface area contributed by atoms with Gasteiger partial charge in [-0.25, -0.2) is 0 Å². The molecule has 0 aromatic carbocycles. The largest absolute Gasteiger partial charge is 0.291 e. The fraction of sp³-hybridized carbons (Fsp3) is 0.875. The maximum absolute atomic E-state index is 11.8. The number of hydrogen-bond acceptors (Lipinski definition) is 2. The fourth-order valence-electron chi connectivity index (χ4n) is 2.68. The lowest BCUT2D eigenvalue weighted by Gasteiger charge is -2.09. The number of carbonyl (C=O) groups excluding carboxylic acids is 2. The SMILES string of the molecule is C[C@@H]1CCCCCCCCCCCCC(=O)C1=O. The summed E-state index contributed by atoms with van der Waals surface area (Å²) in [7, 11) is 0. The van der Waals surface area contributed by atoms with Crippen molar-refractivity contribution >= 4 is 11.6 Å². The molecule has 0 amide bonds. The van der Waals surface area contributed by atoms with Crippen LogP contribution in [0.4, 0.5) is 0 Å². The average Bonchev–Trinajstić information content (AvgIpc) is 2.38. The Kier molecular flexibility index (Phi) is 7.95. The second-order valence-corrected chi connectivity index (χ2v) is 5.76. The average molecular weight is 252 g/mol. The molecule has 0 saturated heterocycles. The molecule has 0 bridgehead atoms. The van der Waals surface area contributed by atoms with Gasteiger partial charge in [0, 0.05) is 12.3 Å². The van der Waals surface area contributed by atoms with E-state index < -0.39 is 0 Å².